The molecule has 1 atom stereocenters. The fraction of sp³-hybridized carbons (Fsp3) is 0.304. The van der Waals surface area contributed by atoms with Crippen LogP contribution in [0.4, 0.5) is 5.69 Å². The summed E-state index contributed by atoms with van der Waals surface area (Å²) in [6, 6.07) is 15.6. The van der Waals surface area contributed by atoms with Crippen LogP contribution < -0.4 is 9.64 Å². The van der Waals surface area contributed by atoms with Gasteiger partial charge in [-0.3, -0.25) is 9.69 Å². The lowest BCUT2D eigenvalue weighted by atomic mass is 10.0. The summed E-state index contributed by atoms with van der Waals surface area (Å²) >= 11 is 1.55. The summed E-state index contributed by atoms with van der Waals surface area (Å²) in [7, 11) is 0. The maximum atomic E-state index is 12.8. The number of aryl methyl sites for hydroxylation is 1. The van der Waals surface area contributed by atoms with Gasteiger partial charge in [0.05, 0.1) is 5.69 Å². The standard InChI is InChI=1S/C23H24N4O2S/c1-14(2)13-30-23-24-21-20(25-26-23)18-12-15(3)10-11-19(18)27(16(4)28)22(29-21)17-8-6-5-7-9-17/h5-12,14,22H,13H2,1-4H3/t22-/m0/s1. The molecule has 1 aliphatic rings. The van der Waals surface area contributed by atoms with Gasteiger partial charge in [0.2, 0.25) is 23.2 Å². The predicted molar refractivity (Wildman–Crippen MR) is 119 cm³/mol. The van der Waals surface area contributed by atoms with Crippen LogP contribution in [0.2, 0.25) is 0 Å². The molecule has 30 heavy (non-hydrogen) atoms. The Bertz CT molecular complexity index is 1070. The smallest absolute Gasteiger partial charge is 0.247 e. The van der Waals surface area contributed by atoms with Crippen molar-refractivity contribution in [1.29, 1.82) is 0 Å². The van der Waals surface area contributed by atoms with Crippen molar-refractivity contribution in [2.45, 2.75) is 39.1 Å². The third-order valence-corrected chi connectivity index (χ3v) is 5.99. The van der Waals surface area contributed by atoms with E-state index in [1.54, 1.807) is 23.6 Å². The summed E-state index contributed by atoms with van der Waals surface area (Å²) in [4.78, 5) is 19.1. The van der Waals surface area contributed by atoms with Crippen molar-refractivity contribution in [3.8, 4) is 17.1 Å². The van der Waals surface area contributed by atoms with E-state index in [4.69, 9.17) is 4.74 Å². The monoisotopic (exact) mass is 420 g/mol. The molecule has 154 valence electrons. The molecule has 1 amide bonds. The van der Waals surface area contributed by atoms with Crippen LogP contribution >= 0.6 is 11.8 Å². The SMILES string of the molecule is CC(=O)N1c2ccc(C)cc2-c2nnc(SCC(C)C)nc2O[C@H]1c1ccccc1. The van der Waals surface area contributed by atoms with Crippen LogP contribution in [0, 0.1) is 12.8 Å². The van der Waals surface area contributed by atoms with E-state index in [9.17, 15) is 4.79 Å². The minimum Gasteiger partial charge on any atom is -0.447 e. The second-order valence-electron chi connectivity index (χ2n) is 7.74. The molecule has 0 bridgehead atoms. The van der Waals surface area contributed by atoms with Crippen molar-refractivity contribution in [1.82, 2.24) is 15.2 Å². The second-order valence-corrected chi connectivity index (χ2v) is 8.73. The maximum absolute atomic E-state index is 12.8. The number of fused-ring (bicyclic) bond motifs is 3. The Morgan fingerprint density at radius 1 is 1.17 bits per heavy atom. The number of hydrogen-bond acceptors (Lipinski definition) is 6. The van der Waals surface area contributed by atoms with Gasteiger partial charge >= 0.3 is 0 Å². The van der Waals surface area contributed by atoms with E-state index in [0.717, 1.165) is 28.1 Å². The van der Waals surface area contributed by atoms with E-state index in [1.165, 1.54) is 0 Å². The first kappa shape index (κ1) is 20.3. The molecule has 1 aromatic heterocycles. The van der Waals surface area contributed by atoms with Crippen LogP contribution in [0.25, 0.3) is 11.3 Å². The van der Waals surface area contributed by atoms with Gasteiger partial charge in [-0.15, -0.1) is 10.2 Å². The van der Waals surface area contributed by atoms with Crippen molar-refractivity contribution in [2.24, 2.45) is 5.92 Å². The Labute approximate surface area is 180 Å². The van der Waals surface area contributed by atoms with Gasteiger partial charge in [-0.25, -0.2) is 0 Å². The summed E-state index contributed by atoms with van der Waals surface area (Å²) in [6.45, 7) is 7.85. The van der Waals surface area contributed by atoms with E-state index in [2.05, 4.69) is 29.0 Å². The zero-order valence-electron chi connectivity index (χ0n) is 17.5. The number of rotatable bonds is 4. The Kier molecular flexibility index (Phi) is 5.72. The summed E-state index contributed by atoms with van der Waals surface area (Å²) < 4.78 is 6.36. The molecule has 0 radical (unpaired) electrons. The first-order chi connectivity index (χ1) is 14.4. The number of ether oxygens (including phenoxy) is 1. The number of carbonyl (C=O) groups excluding carboxylic acids is 1. The summed E-state index contributed by atoms with van der Waals surface area (Å²) in [5.74, 6) is 1.66. The number of hydrogen-bond donors (Lipinski definition) is 0. The third-order valence-electron chi connectivity index (χ3n) is 4.73. The minimum absolute atomic E-state index is 0.121. The quantitative estimate of drug-likeness (QED) is 0.551. The van der Waals surface area contributed by atoms with E-state index < -0.39 is 6.23 Å². The molecule has 2 heterocycles. The van der Waals surface area contributed by atoms with Gasteiger partial charge in [-0.05, 0) is 25.0 Å². The van der Waals surface area contributed by atoms with Gasteiger partial charge in [0.1, 0.15) is 0 Å². The largest absolute Gasteiger partial charge is 0.447 e. The fourth-order valence-corrected chi connectivity index (χ4v) is 4.08. The molecule has 0 aliphatic carbocycles. The van der Waals surface area contributed by atoms with Crippen LogP contribution in [0.5, 0.6) is 5.88 Å². The molecule has 0 fully saturated rings. The number of carbonyl (C=O) groups is 1. The average Bonchev–Trinajstić information content (AvgIpc) is 2.87. The highest BCUT2D eigenvalue weighted by molar-refractivity contribution is 7.99. The number of nitrogens with zero attached hydrogens (tertiary/aromatic N) is 4. The highest BCUT2D eigenvalue weighted by atomic mass is 32.2. The van der Waals surface area contributed by atoms with Gasteiger partial charge in [-0.2, -0.15) is 4.98 Å². The number of benzene rings is 2. The number of anilines is 1. The molecule has 0 spiro atoms. The molecular formula is C23H24N4O2S. The summed E-state index contributed by atoms with van der Waals surface area (Å²) in [5, 5.41) is 9.35. The summed E-state index contributed by atoms with van der Waals surface area (Å²) in [6.07, 6.45) is -0.647. The number of aromatic nitrogens is 3. The molecule has 4 rings (SSSR count). The first-order valence-corrected chi connectivity index (χ1v) is 10.9. The number of amides is 1. The molecule has 7 heteroatoms. The normalized spacial score (nSPS) is 15.2. The first-order valence-electron chi connectivity index (χ1n) is 9.94. The lowest BCUT2D eigenvalue weighted by molar-refractivity contribution is -0.118. The maximum Gasteiger partial charge on any atom is 0.247 e. The predicted octanol–water partition coefficient (Wildman–Crippen LogP) is 5.04. The zero-order valence-corrected chi connectivity index (χ0v) is 18.3. The molecule has 2 aromatic carbocycles. The minimum atomic E-state index is -0.647. The van der Waals surface area contributed by atoms with Crippen molar-refractivity contribution in [3.63, 3.8) is 0 Å². The highest BCUT2D eigenvalue weighted by Gasteiger charge is 2.34. The van der Waals surface area contributed by atoms with Crippen molar-refractivity contribution in [3.05, 3.63) is 59.7 Å². The van der Waals surface area contributed by atoms with E-state index in [-0.39, 0.29) is 5.91 Å². The van der Waals surface area contributed by atoms with Gasteiger partial charge < -0.3 is 4.74 Å². The molecule has 1 aliphatic heterocycles. The zero-order chi connectivity index (χ0) is 21.3. The molecular weight excluding hydrogens is 396 g/mol. The third kappa shape index (κ3) is 4.03. The summed E-state index contributed by atoms with van der Waals surface area (Å²) in [5.41, 5.74) is 3.99. The van der Waals surface area contributed by atoms with Crippen LogP contribution in [0.1, 0.15) is 38.1 Å². The Morgan fingerprint density at radius 3 is 2.63 bits per heavy atom. The van der Waals surface area contributed by atoms with Crippen LogP contribution in [-0.4, -0.2) is 26.8 Å². The van der Waals surface area contributed by atoms with E-state index in [1.807, 2.05) is 55.5 Å². The van der Waals surface area contributed by atoms with Gasteiger partial charge in [0.25, 0.3) is 0 Å². The second kappa shape index (κ2) is 8.44. The molecule has 3 aromatic rings. The van der Waals surface area contributed by atoms with Crippen molar-refractivity contribution >= 4 is 23.4 Å². The van der Waals surface area contributed by atoms with Gasteiger partial charge in [0.15, 0.2) is 5.69 Å². The molecule has 0 saturated carbocycles. The molecule has 0 N–H and O–H groups in total. The van der Waals surface area contributed by atoms with Gasteiger partial charge in [0, 0.05) is 23.8 Å². The number of thioether (sulfide) groups is 1. The van der Waals surface area contributed by atoms with Crippen molar-refractivity contribution in [2.75, 3.05) is 10.7 Å². The van der Waals surface area contributed by atoms with E-state index in [0.29, 0.717) is 22.6 Å². The topological polar surface area (TPSA) is 68.2 Å². The van der Waals surface area contributed by atoms with Crippen LogP contribution in [-0.2, 0) is 4.79 Å². The molecule has 0 unspecified atom stereocenters. The lowest BCUT2D eigenvalue weighted by Gasteiger charge is -2.30. The van der Waals surface area contributed by atoms with E-state index >= 15 is 0 Å². The van der Waals surface area contributed by atoms with Gasteiger partial charge in [-0.1, -0.05) is 67.6 Å². The van der Waals surface area contributed by atoms with Crippen LogP contribution in [0.3, 0.4) is 0 Å². The Morgan fingerprint density at radius 2 is 1.93 bits per heavy atom. The Balaban J connectivity index is 1.89. The average molecular weight is 421 g/mol. The van der Waals surface area contributed by atoms with Crippen molar-refractivity contribution < 1.29 is 9.53 Å². The lowest BCUT2D eigenvalue weighted by Crippen LogP contribution is -2.36. The highest BCUT2D eigenvalue weighted by Crippen LogP contribution is 2.43. The fourth-order valence-electron chi connectivity index (χ4n) is 3.36. The Hall–Kier alpha value is -2.93. The van der Waals surface area contributed by atoms with Crippen LogP contribution in [0.15, 0.2) is 53.7 Å². The molecule has 0 saturated heterocycles. The molecule has 6 nitrogen and oxygen atoms in total.